The van der Waals surface area contributed by atoms with Crippen LogP contribution < -0.4 is 5.32 Å². The summed E-state index contributed by atoms with van der Waals surface area (Å²) in [7, 11) is 0. The zero-order valence-corrected chi connectivity index (χ0v) is 13.6. The smallest absolute Gasteiger partial charge is 0.0449 e. The molecule has 1 aromatic carbocycles. The first-order valence-corrected chi connectivity index (χ1v) is 8.02. The van der Waals surface area contributed by atoms with E-state index in [0.717, 1.165) is 13.1 Å². The lowest BCUT2D eigenvalue weighted by molar-refractivity contribution is 0.260. The first-order chi connectivity index (χ1) is 9.50. The Labute approximate surface area is 124 Å². The number of nitrogens with zero attached hydrogens (tertiary/aromatic N) is 1. The molecule has 1 atom stereocenters. The number of hydrogen-bond donors (Lipinski definition) is 1. The van der Waals surface area contributed by atoms with Crippen molar-refractivity contribution >= 4 is 0 Å². The summed E-state index contributed by atoms with van der Waals surface area (Å²) in [6, 6.07) is 9.48. The molecule has 1 N–H and O–H groups in total. The second-order valence-electron chi connectivity index (χ2n) is 7.07. The lowest BCUT2D eigenvalue weighted by Crippen LogP contribution is -2.35. The van der Waals surface area contributed by atoms with Crippen LogP contribution >= 0.6 is 0 Å². The summed E-state index contributed by atoms with van der Waals surface area (Å²) in [6.07, 6.45) is 2.51. The minimum Gasteiger partial charge on any atom is -0.309 e. The highest BCUT2D eigenvalue weighted by atomic mass is 15.2. The Morgan fingerprint density at radius 1 is 1.25 bits per heavy atom. The summed E-state index contributed by atoms with van der Waals surface area (Å²) in [4.78, 5) is 2.62. The Kier molecular flexibility index (Phi) is 5.22. The van der Waals surface area contributed by atoms with E-state index < -0.39 is 0 Å². The van der Waals surface area contributed by atoms with E-state index in [0.29, 0.717) is 11.5 Å². The lowest BCUT2D eigenvalue weighted by Gasteiger charge is -2.26. The summed E-state index contributed by atoms with van der Waals surface area (Å²) >= 11 is 0. The molecule has 0 bridgehead atoms. The third-order valence-electron chi connectivity index (χ3n) is 4.32. The van der Waals surface area contributed by atoms with Crippen molar-refractivity contribution < 1.29 is 0 Å². The maximum absolute atomic E-state index is 3.72. The van der Waals surface area contributed by atoms with Crippen molar-refractivity contribution in [2.75, 3.05) is 26.2 Å². The number of likely N-dealkylation sites (tertiary alicyclic amines) is 1. The minimum atomic E-state index is 0.462. The van der Waals surface area contributed by atoms with Gasteiger partial charge in [0.25, 0.3) is 0 Å². The number of rotatable bonds is 6. The van der Waals surface area contributed by atoms with E-state index in [9.17, 15) is 0 Å². The van der Waals surface area contributed by atoms with Gasteiger partial charge in [0, 0.05) is 19.1 Å². The molecule has 1 fully saturated rings. The van der Waals surface area contributed by atoms with Gasteiger partial charge in [-0.2, -0.15) is 0 Å². The number of benzene rings is 1. The molecule has 0 aromatic heterocycles. The van der Waals surface area contributed by atoms with Gasteiger partial charge in [-0.05, 0) is 43.8 Å². The largest absolute Gasteiger partial charge is 0.309 e. The van der Waals surface area contributed by atoms with Gasteiger partial charge in [0.2, 0.25) is 0 Å². The Balaban J connectivity index is 2.02. The molecule has 20 heavy (non-hydrogen) atoms. The van der Waals surface area contributed by atoms with Crippen LogP contribution in [0.4, 0.5) is 0 Å². The maximum atomic E-state index is 3.72. The van der Waals surface area contributed by atoms with Crippen LogP contribution in [0, 0.1) is 12.3 Å². The molecule has 0 amide bonds. The van der Waals surface area contributed by atoms with E-state index in [1.807, 2.05) is 0 Å². The summed E-state index contributed by atoms with van der Waals surface area (Å²) < 4.78 is 0. The molecule has 1 saturated heterocycles. The lowest BCUT2D eigenvalue weighted by atomic mass is 9.93. The molecule has 1 unspecified atom stereocenters. The van der Waals surface area contributed by atoms with Crippen molar-refractivity contribution in [3.8, 4) is 0 Å². The predicted octanol–water partition coefficient (Wildman–Crippen LogP) is 3.77. The normalized spacial score (nSPS) is 20.2. The standard InChI is InChI=1S/C18H30N2/c1-5-11-19-17(16-8-6-15(2)7-9-16)13-20-12-10-18(3,4)14-20/h6-9,17,19H,5,10-14H2,1-4H3. The molecule has 1 aliphatic heterocycles. The molecule has 2 nitrogen and oxygen atoms in total. The van der Waals surface area contributed by atoms with Gasteiger partial charge in [-0.1, -0.05) is 50.6 Å². The van der Waals surface area contributed by atoms with Gasteiger partial charge in [-0.25, -0.2) is 0 Å². The van der Waals surface area contributed by atoms with Crippen molar-refractivity contribution in [2.45, 2.75) is 46.6 Å². The van der Waals surface area contributed by atoms with Gasteiger partial charge in [-0.15, -0.1) is 0 Å². The first-order valence-electron chi connectivity index (χ1n) is 8.02. The van der Waals surface area contributed by atoms with Crippen LogP contribution in [-0.2, 0) is 0 Å². The first kappa shape index (κ1) is 15.5. The molecular weight excluding hydrogens is 244 g/mol. The molecule has 2 rings (SSSR count). The molecule has 0 radical (unpaired) electrons. The van der Waals surface area contributed by atoms with Crippen molar-refractivity contribution in [1.82, 2.24) is 10.2 Å². The van der Waals surface area contributed by atoms with Crippen LogP contribution in [0.15, 0.2) is 24.3 Å². The van der Waals surface area contributed by atoms with Crippen molar-refractivity contribution in [3.63, 3.8) is 0 Å². The Morgan fingerprint density at radius 2 is 1.95 bits per heavy atom. The minimum absolute atomic E-state index is 0.462. The highest BCUT2D eigenvalue weighted by Gasteiger charge is 2.30. The average molecular weight is 274 g/mol. The second-order valence-corrected chi connectivity index (χ2v) is 7.07. The van der Waals surface area contributed by atoms with Gasteiger partial charge in [0.15, 0.2) is 0 Å². The van der Waals surface area contributed by atoms with E-state index in [1.165, 1.54) is 37.1 Å². The monoisotopic (exact) mass is 274 g/mol. The van der Waals surface area contributed by atoms with Gasteiger partial charge in [0.1, 0.15) is 0 Å². The molecule has 0 aliphatic carbocycles. The SMILES string of the molecule is CCCNC(CN1CCC(C)(C)C1)c1ccc(C)cc1. The molecule has 0 spiro atoms. The van der Waals surface area contributed by atoms with Crippen LogP contribution in [0.3, 0.4) is 0 Å². The van der Waals surface area contributed by atoms with Gasteiger partial charge in [-0.3, -0.25) is 0 Å². The Bertz CT molecular complexity index is 408. The fraction of sp³-hybridized carbons (Fsp3) is 0.667. The van der Waals surface area contributed by atoms with Gasteiger partial charge < -0.3 is 10.2 Å². The van der Waals surface area contributed by atoms with Crippen LogP contribution in [0.5, 0.6) is 0 Å². The summed E-state index contributed by atoms with van der Waals surface area (Å²) in [6.45, 7) is 13.8. The van der Waals surface area contributed by atoms with Gasteiger partial charge in [0.05, 0.1) is 0 Å². The summed E-state index contributed by atoms with van der Waals surface area (Å²) in [5.74, 6) is 0. The highest BCUT2D eigenvalue weighted by molar-refractivity contribution is 5.24. The van der Waals surface area contributed by atoms with E-state index >= 15 is 0 Å². The van der Waals surface area contributed by atoms with Crippen molar-refractivity contribution in [1.29, 1.82) is 0 Å². The third-order valence-corrected chi connectivity index (χ3v) is 4.32. The van der Waals surface area contributed by atoms with E-state index in [2.05, 4.69) is 62.2 Å². The zero-order valence-electron chi connectivity index (χ0n) is 13.6. The summed E-state index contributed by atoms with van der Waals surface area (Å²) in [5, 5.41) is 3.72. The molecule has 1 heterocycles. The number of hydrogen-bond acceptors (Lipinski definition) is 2. The second kappa shape index (κ2) is 6.73. The number of nitrogens with one attached hydrogen (secondary N) is 1. The fourth-order valence-corrected chi connectivity index (χ4v) is 3.04. The van der Waals surface area contributed by atoms with Crippen molar-refractivity contribution in [2.24, 2.45) is 5.41 Å². The van der Waals surface area contributed by atoms with Crippen molar-refractivity contribution in [3.05, 3.63) is 35.4 Å². The molecule has 2 heteroatoms. The predicted molar refractivity (Wildman–Crippen MR) is 87.1 cm³/mol. The topological polar surface area (TPSA) is 15.3 Å². The molecule has 1 aromatic rings. The zero-order chi connectivity index (χ0) is 14.6. The molecular formula is C18H30N2. The van der Waals surface area contributed by atoms with Crippen LogP contribution in [0.1, 0.15) is 50.8 Å². The maximum Gasteiger partial charge on any atom is 0.0449 e. The van der Waals surface area contributed by atoms with Gasteiger partial charge >= 0.3 is 0 Å². The van der Waals surface area contributed by atoms with Crippen LogP contribution in [0.25, 0.3) is 0 Å². The van der Waals surface area contributed by atoms with Crippen LogP contribution in [0.2, 0.25) is 0 Å². The molecule has 0 saturated carbocycles. The highest BCUT2D eigenvalue weighted by Crippen LogP contribution is 2.30. The third kappa shape index (κ3) is 4.32. The fourth-order valence-electron chi connectivity index (χ4n) is 3.04. The van der Waals surface area contributed by atoms with E-state index in [1.54, 1.807) is 0 Å². The van der Waals surface area contributed by atoms with E-state index in [-0.39, 0.29) is 0 Å². The number of aryl methyl sites for hydroxylation is 1. The molecule has 112 valence electrons. The van der Waals surface area contributed by atoms with E-state index in [4.69, 9.17) is 0 Å². The molecule has 1 aliphatic rings. The Morgan fingerprint density at radius 3 is 2.50 bits per heavy atom. The Hall–Kier alpha value is -0.860. The summed E-state index contributed by atoms with van der Waals surface area (Å²) in [5.41, 5.74) is 3.25. The van der Waals surface area contributed by atoms with Crippen LogP contribution in [-0.4, -0.2) is 31.1 Å². The quantitative estimate of drug-likeness (QED) is 0.849. The average Bonchev–Trinajstić information content (AvgIpc) is 2.75.